The number of hydrogen-bond acceptors (Lipinski definition) is 2. The third-order valence-corrected chi connectivity index (χ3v) is 4.16. The van der Waals surface area contributed by atoms with Crippen LogP contribution in [-0.4, -0.2) is 19.4 Å². The minimum absolute atomic E-state index is 0.409. The molecular weight excluding hydrogens is 186 g/mol. The van der Waals surface area contributed by atoms with Gasteiger partial charge in [0.15, 0.2) is 0 Å². The average Bonchev–Trinajstić information content (AvgIpc) is 2.06. The van der Waals surface area contributed by atoms with Gasteiger partial charge in [0.05, 0.1) is 5.25 Å². The third-order valence-electron chi connectivity index (χ3n) is 2.27. The van der Waals surface area contributed by atoms with Crippen molar-refractivity contribution in [1.82, 2.24) is 0 Å². The minimum Gasteiger partial charge on any atom is -0.223 e. The molecule has 2 nitrogen and oxygen atoms in total. The molecule has 12 heavy (non-hydrogen) atoms. The number of halogens is 2. The molecule has 0 spiro atoms. The molecule has 0 bridgehead atoms. The van der Waals surface area contributed by atoms with E-state index in [4.69, 9.17) is 0 Å². The first kappa shape index (κ1) is 9.89. The summed E-state index contributed by atoms with van der Waals surface area (Å²) < 4.78 is 45.9. The Kier molecular flexibility index (Phi) is 3.04. The molecule has 1 aliphatic rings. The van der Waals surface area contributed by atoms with Gasteiger partial charge in [-0.25, -0.2) is 8.42 Å². The van der Waals surface area contributed by atoms with E-state index in [0.29, 0.717) is 12.8 Å². The van der Waals surface area contributed by atoms with Crippen LogP contribution in [0.2, 0.25) is 0 Å². The van der Waals surface area contributed by atoms with Crippen LogP contribution in [0.5, 0.6) is 0 Å². The van der Waals surface area contributed by atoms with Crippen LogP contribution in [0.1, 0.15) is 32.1 Å². The monoisotopic (exact) mass is 198 g/mol. The van der Waals surface area contributed by atoms with Crippen LogP contribution in [0.15, 0.2) is 0 Å². The lowest BCUT2D eigenvalue weighted by molar-refractivity contribution is 0.231. The fourth-order valence-electron chi connectivity index (χ4n) is 1.54. The number of rotatable bonds is 2. The minimum atomic E-state index is -4.13. The molecule has 0 aromatic rings. The van der Waals surface area contributed by atoms with E-state index >= 15 is 0 Å². The zero-order valence-electron chi connectivity index (χ0n) is 6.67. The second-order valence-corrected chi connectivity index (χ2v) is 5.31. The maximum Gasteiger partial charge on any atom is 0.337 e. The lowest BCUT2D eigenvalue weighted by atomic mass is 10.0. The van der Waals surface area contributed by atoms with Gasteiger partial charge in [0, 0.05) is 0 Å². The summed E-state index contributed by atoms with van der Waals surface area (Å²) in [5.41, 5.74) is 0. The SMILES string of the molecule is O=S(=O)(C(F)F)C1CCCCC1. The Labute approximate surface area is 70.9 Å². The van der Waals surface area contributed by atoms with Crippen LogP contribution in [0.4, 0.5) is 8.78 Å². The van der Waals surface area contributed by atoms with E-state index in [1.807, 2.05) is 0 Å². The van der Waals surface area contributed by atoms with Crippen LogP contribution < -0.4 is 0 Å². The Morgan fingerprint density at radius 2 is 1.58 bits per heavy atom. The van der Waals surface area contributed by atoms with Gasteiger partial charge in [0.1, 0.15) is 0 Å². The van der Waals surface area contributed by atoms with E-state index in [1.165, 1.54) is 0 Å². The molecule has 0 unspecified atom stereocenters. The first-order valence-corrected chi connectivity index (χ1v) is 5.67. The Morgan fingerprint density at radius 3 is 2.00 bits per heavy atom. The number of hydrogen-bond donors (Lipinski definition) is 0. The largest absolute Gasteiger partial charge is 0.337 e. The zero-order valence-corrected chi connectivity index (χ0v) is 7.49. The molecule has 0 amide bonds. The van der Waals surface area contributed by atoms with Gasteiger partial charge in [-0.3, -0.25) is 0 Å². The Hall–Kier alpha value is -0.190. The van der Waals surface area contributed by atoms with Gasteiger partial charge >= 0.3 is 5.76 Å². The summed E-state index contributed by atoms with van der Waals surface area (Å²) in [5.74, 6) is -3.19. The standard InChI is InChI=1S/C7H12F2O2S/c8-7(9)12(10,11)6-4-2-1-3-5-6/h6-7H,1-5H2. The van der Waals surface area contributed by atoms with Crippen LogP contribution in [0, 0.1) is 0 Å². The second kappa shape index (κ2) is 3.68. The highest BCUT2D eigenvalue weighted by atomic mass is 32.2. The molecule has 0 N–H and O–H groups in total. The van der Waals surface area contributed by atoms with Crippen molar-refractivity contribution in [3.05, 3.63) is 0 Å². The van der Waals surface area contributed by atoms with Gasteiger partial charge in [0.2, 0.25) is 9.84 Å². The van der Waals surface area contributed by atoms with Crippen molar-refractivity contribution >= 4 is 9.84 Å². The Balaban J connectivity index is 2.67. The predicted molar refractivity (Wildman–Crippen MR) is 41.8 cm³/mol. The molecule has 0 saturated heterocycles. The molecule has 0 aromatic heterocycles. The smallest absolute Gasteiger partial charge is 0.223 e. The van der Waals surface area contributed by atoms with Crippen molar-refractivity contribution in [2.24, 2.45) is 0 Å². The van der Waals surface area contributed by atoms with E-state index in [1.54, 1.807) is 0 Å². The van der Waals surface area contributed by atoms with E-state index < -0.39 is 20.8 Å². The summed E-state index contributed by atoms with van der Waals surface area (Å²) in [4.78, 5) is 0. The van der Waals surface area contributed by atoms with Crippen LogP contribution in [0.25, 0.3) is 0 Å². The van der Waals surface area contributed by atoms with E-state index in [-0.39, 0.29) is 0 Å². The molecule has 5 heteroatoms. The first-order valence-electron chi connectivity index (χ1n) is 4.06. The first-order chi connectivity index (χ1) is 5.55. The van der Waals surface area contributed by atoms with Crippen molar-refractivity contribution in [2.45, 2.75) is 43.1 Å². The van der Waals surface area contributed by atoms with Crippen LogP contribution >= 0.6 is 0 Å². The van der Waals surface area contributed by atoms with E-state index in [9.17, 15) is 17.2 Å². The second-order valence-electron chi connectivity index (χ2n) is 3.11. The molecule has 0 atom stereocenters. The third kappa shape index (κ3) is 1.94. The lowest BCUT2D eigenvalue weighted by Crippen LogP contribution is -2.28. The normalized spacial score (nSPS) is 21.6. The van der Waals surface area contributed by atoms with Crippen molar-refractivity contribution in [1.29, 1.82) is 0 Å². The lowest BCUT2D eigenvalue weighted by Gasteiger charge is -2.20. The fraction of sp³-hybridized carbons (Fsp3) is 1.00. The van der Waals surface area contributed by atoms with Crippen molar-refractivity contribution in [2.75, 3.05) is 0 Å². The number of alkyl halides is 2. The highest BCUT2D eigenvalue weighted by Gasteiger charge is 2.34. The molecule has 1 fully saturated rings. The van der Waals surface area contributed by atoms with Crippen molar-refractivity contribution in [3.8, 4) is 0 Å². The fourth-order valence-corrected chi connectivity index (χ4v) is 2.82. The maximum atomic E-state index is 12.0. The van der Waals surface area contributed by atoms with Gasteiger partial charge in [-0.05, 0) is 12.8 Å². The molecule has 0 aromatic carbocycles. The average molecular weight is 198 g/mol. The van der Waals surface area contributed by atoms with Crippen LogP contribution in [-0.2, 0) is 9.84 Å². The van der Waals surface area contributed by atoms with Gasteiger partial charge in [0.25, 0.3) is 0 Å². The summed E-state index contributed by atoms with van der Waals surface area (Å²) in [7, 11) is -4.13. The molecule has 1 rings (SSSR count). The highest BCUT2D eigenvalue weighted by Crippen LogP contribution is 2.26. The summed E-state index contributed by atoms with van der Waals surface area (Å²) in [5, 5.41) is -0.786. The predicted octanol–water partition coefficient (Wildman–Crippen LogP) is 1.96. The molecule has 0 heterocycles. The molecule has 0 radical (unpaired) electrons. The topological polar surface area (TPSA) is 34.1 Å². The van der Waals surface area contributed by atoms with E-state index in [2.05, 4.69) is 0 Å². The van der Waals surface area contributed by atoms with Crippen LogP contribution in [0.3, 0.4) is 0 Å². The van der Waals surface area contributed by atoms with Crippen molar-refractivity contribution < 1.29 is 17.2 Å². The van der Waals surface area contributed by atoms with Crippen molar-refractivity contribution in [3.63, 3.8) is 0 Å². The molecule has 1 aliphatic carbocycles. The maximum absolute atomic E-state index is 12.0. The van der Waals surface area contributed by atoms with E-state index in [0.717, 1.165) is 19.3 Å². The number of sulfone groups is 1. The highest BCUT2D eigenvalue weighted by molar-refractivity contribution is 7.92. The summed E-state index contributed by atoms with van der Waals surface area (Å²) in [6.07, 6.45) is 3.31. The van der Waals surface area contributed by atoms with Gasteiger partial charge in [-0.2, -0.15) is 8.78 Å². The van der Waals surface area contributed by atoms with Gasteiger partial charge in [-0.15, -0.1) is 0 Å². The van der Waals surface area contributed by atoms with Gasteiger partial charge < -0.3 is 0 Å². The van der Waals surface area contributed by atoms with Gasteiger partial charge in [-0.1, -0.05) is 19.3 Å². The summed E-state index contributed by atoms with van der Waals surface area (Å²) in [6, 6.07) is 0. The quantitative estimate of drug-likeness (QED) is 0.679. The molecular formula is C7H12F2O2S. The molecule has 0 aliphatic heterocycles. The summed E-state index contributed by atoms with van der Waals surface area (Å²) in [6.45, 7) is 0. The summed E-state index contributed by atoms with van der Waals surface area (Å²) >= 11 is 0. The molecule has 1 saturated carbocycles. The Bertz CT molecular complexity index is 230. The Morgan fingerprint density at radius 1 is 1.08 bits per heavy atom. The molecule has 72 valence electrons. The zero-order chi connectivity index (χ0) is 9.19.